The minimum Gasteiger partial charge on any atom is -0.361 e. The van der Waals surface area contributed by atoms with E-state index in [4.69, 9.17) is 0 Å². The lowest BCUT2D eigenvalue weighted by Crippen LogP contribution is -2.24. The molecular formula is C18H13BrN4O. The lowest BCUT2D eigenvalue weighted by molar-refractivity contribution is -0.121. The third-order valence-electron chi connectivity index (χ3n) is 3.58. The SMILES string of the molecule is N#C[C@@H](C(=O)N/N=C\c1c[nH]c2ccc(Br)cc12)c1ccccc1. The van der Waals surface area contributed by atoms with Gasteiger partial charge in [-0.15, -0.1) is 0 Å². The molecule has 3 rings (SSSR count). The van der Waals surface area contributed by atoms with Gasteiger partial charge in [0.25, 0.3) is 5.91 Å². The lowest BCUT2D eigenvalue weighted by Gasteiger charge is -2.06. The number of carbonyl (C=O) groups excluding carboxylic acids is 1. The van der Waals surface area contributed by atoms with Crippen LogP contribution in [0.15, 0.2) is 64.3 Å². The van der Waals surface area contributed by atoms with E-state index in [1.165, 1.54) is 0 Å². The van der Waals surface area contributed by atoms with Crippen molar-refractivity contribution < 1.29 is 4.79 Å². The molecule has 0 saturated carbocycles. The number of hydrazone groups is 1. The number of fused-ring (bicyclic) bond motifs is 1. The van der Waals surface area contributed by atoms with Crippen molar-refractivity contribution in [1.29, 1.82) is 5.26 Å². The van der Waals surface area contributed by atoms with Crippen LogP contribution in [0.25, 0.3) is 10.9 Å². The largest absolute Gasteiger partial charge is 0.361 e. The van der Waals surface area contributed by atoms with E-state index in [0.29, 0.717) is 5.56 Å². The number of H-pyrrole nitrogens is 1. The quantitative estimate of drug-likeness (QED) is 0.534. The monoisotopic (exact) mass is 380 g/mol. The van der Waals surface area contributed by atoms with Gasteiger partial charge in [-0.3, -0.25) is 4.79 Å². The number of benzene rings is 2. The first kappa shape index (κ1) is 16.0. The maximum absolute atomic E-state index is 12.2. The Bertz CT molecular complexity index is 941. The van der Waals surface area contributed by atoms with Crippen LogP contribution in [-0.4, -0.2) is 17.1 Å². The molecule has 3 aromatic rings. The molecule has 1 heterocycles. The smallest absolute Gasteiger partial charge is 0.261 e. The zero-order valence-corrected chi connectivity index (χ0v) is 14.1. The lowest BCUT2D eigenvalue weighted by atomic mass is 10.0. The molecule has 0 spiro atoms. The number of nitrogens with one attached hydrogen (secondary N) is 2. The summed E-state index contributed by atoms with van der Waals surface area (Å²) in [6, 6.07) is 16.8. The molecule has 0 unspecified atom stereocenters. The average Bonchev–Trinajstić information content (AvgIpc) is 2.99. The van der Waals surface area contributed by atoms with Crippen LogP contribution in [0.4, 0.5) is 0 Å². The number of hydrogen-bond donors (Lipinski definition) is 2. The molecule has 1 atom stereocenters. The molecule has 2 aromatic carbocycles. The number of rotatable bonds is 4. The van der Waals surface area contributed by atoms with Crippen molar-refractivity contribution in [3.8, 4) is 6.07 Å². The third-order valence-corrected chi connectivity index (χ3v) is 4.07. The first-order chi connectivity index (χ1) is 11.7. The fraction of sp³-hybridized carbons (Fsp3) is 0.0556. The van der Waals surface area contributed by atoms with Crippen LogP contribution < -0.4 is 5.43 Å². The van der Waals surface area contributed by atoms with E-state index in [0.717, 1.165) is 20.9 Å². The van der Waals surface area contributed by atoms with E-state index >= 15 is 0 Å². The molecule has 1 amide bonds. The van der Waals surface area contributed by atoms with Gasteiger partial charge in [-0.2, -0.15) is 10.4 Å². The highest BCUT2D eigenvalue weighted by Crippen LogP contribution is 2.21. The van der Waals surface area contributed by atoms with E-state index in [2.05, 4.69) is 31.4 Å². The average molecular weight is 381 g/mol. The van der Waals surface area contributed by atoms with Gasteiger partial charge in [0.1, 0.15) is 0 Å². The van der Waals surface area contributed by atoms with E-state index < -0.39 is 11.8 Å². The normalized spacial score (nSPS) is 12.2. The Morgan fingerprint density at radius 3 is 2.83 bits per heavy atom. The van der Waals surface area contributed by atoms with Gasteiger partial charge in [0.05, 0.1) is 12.3 Å². The van der Waals surface area contributed by atoms with Crippen molar-refractivity contribution in [3.05, 3.63) is 70.3 Å². The highest BCUT2D eigenvalue weighted by atomic mass is 79.9. The zero-order chi connectivity index (χ0) is 16.9. The summed E-state index contributed by atoms with van der Waals surface area (Å²) >= 11 is 3.43. The van der Waals surface area contributed by atoms with Gasteiger partial charge in [0.2, 0.25) is 0 Å². The van der Waals surface area contributed by atoms with Crippen LogP contribution >= 0.6 is 15.9 Å². The van der Waals surface area contributed by atoms with E-state index in [1.54, 1.807) is 30.5 Å². The predicted molar refractivity (Wildman–Crippen MR) is 96.5 cm³/mol. The van der Waals surface area contributed by atoms with Crippen LogP contribution in [0.1, 0.15) is 17.0 Å². The predicted octanol–water partition coefficient (Wildman–Crippen LogP) is 3.69. The van der Waals surface area contributed by atoms with Gasteiger partial charge < -0.3 is 4.98 Å². The van der Waals surface area contributed by atoms with E-state index in [-0.39, 0.29) is 0 Å². The highest BCUT2D eigenvalue weighted by Gasteiger charge is 2.19. The van der Waals surface area contributed by atoms with Crippen LogP contribution in [0.3, 0.4) is 0 Å². The summed E-state index contributed by atoms with van der Waals surface area (Å²) in [6.07, 6.45) is 3.37. The molecule has 0 fully saturated rings. The molecule has 1 aromatic heterocycles. The molecular weight excluding hydrogens is 368 g/mol. The Balaban J connectivity index is 1.74. The van der Waals surface area contributed by atoms with Crippen molar-refractivity contribution in [3.63, 3.8) is 0 Å². The van der Waals surface area contributed by atoms with Crippen molar-refractivity contribution in [1.82, 2.24) is 10.4 Å². The fourth-order valence-corrected chi connectivity index (χ4v) is 2.74. The summed E-state index contributed by atoms with van der Waals surface area (Å²) < 4.78 is 0.960. The molecule has 118 valence electrons. The minimum absolute atomic E-state index is 0.457. The summed E-state index contributed by atoms with van der Waals surface area (Å²) in [5, 5.41) is 14.2. The van der Waals surface area contributed by atoms with Crippen molar-refractivity contribution >= 4 is 39.0 Å². The number of aromatic nitrogens is 1. The van der Waals surface area contributed by atoms with Crippen molar-refractivity contribution in [2.24, 2.45) is 5.10 Å². The molecule has 0 aliphatic rings. The molecule has 2 N–H and O–H groups in total. The summed E-state index contributed by atoms with van der Waals surface area (Å²) in [4.78, 5) is 15.3. The standard InChI is InChI=1S/C18H13BrN4O/c19-14-6-7-17-15(8-14)13(10-21-17)11-22-23-18(24)16(9-20)12-4-2-1-3-5-12/h1-8,10-11,16,21H,(H,23,24)/b22-11-/t16-/m1/s1. The second-order valence-electron chi connectivity index (χ2n) is 5.14. The van der Waals surface area contributed by atoms with Crippen molar-refractivity contribution in [2.45, 2.75) is 5.92 Å². The number of halogens is 1. The van der Waals surface area contributed by atoms with Gasteiger partial charge in [-0.05, 0) is 23.8 Å². The first-order valence-corrected chi connectivity index (χ1v) is 8.02. The summed E-state index contributed by atoms with van der Waals surface area (Å²) in [7, 11) is 0. The number of nitriles is 1. The Morgan fingerprint density at radius 1 is 1.29 bits per heavy atom. The second-order valence-corrected chi connectivity index (χ2v) is 6.06. The van der Waals surface area contributed by atoms with Crippen LogP contribution in [0, 0.1) is 11.3 Å². The molecule has 5 nitrogen and oxygen atoms in total. The van der Waals surface area contributed by atoms with Crippen LogP contribution in [-0.2, 0) is 4.79 Å². The molecule has 0 radical (unpaired) electrons. The Kier molecular flexibility index (Phi) is 4.73. The van der Waals surface area contributed by atoms with Gasteiger partial charge in [0.15, 0.2) is 5.92 Å². The van der Waals surface area contributed by atoms with Crippen LogP contribution in [0.5, 0.6) is 0 Å². The number of nitrogens with zero attached hydrogens (tertiary/aromatic N) is 2. The van der Waals surface area contributed by atoms with Crippen molar-refractivity contribution in [2.75, 3.05) is 0 Å². The second kappa shape index (κ2) is 7.11. The molecule has 0 saturated heterocycles. The Morgan fingerprint density at radius 2 is 2.08 bits per heavy atom. The Hall–Kier alpha value is -2.91. The number of hydrogen-bond acceptors (Lipinski definition) is 3. The van der Waals surface area contributed by atoms with Gasteiger partial charge in [-0.1, -0.05) is 46.3 Å². The van der Waals surface area contributed by atoms with Gasteiger partial charge in [0, 0.05) is 27.1 Å². The molecule has 6 heteroatoms. The topological polar surface area (TPSA) is 81.0 Å². The summed E-state index contributed by atoms with van der Waals surface area (Å²) in [6.45, 7) is 0. The Labute approximate surface area is 147 Å². The fourth-order valence-electron chi connectivity index (χ4n) is 2.38. The maximum Gasteiger partial charge on any atom is 0.261 e. The third kappa shape index (κ3) is 3.36. The number of amides is 1. The van der Waals surface area contributed by atoms with Crippen LogP contribution in [0.2, 0.25) is 0 Å². The van der Waals surface area contributed by atoms with Gasteiger partial charge in [-0.25, -0.2) is 5.43 Å². The molecule has 24 heavy (non-hydrogen) atoms. The number of aromatic amines is 1. The zero-order valence-electron chi connectivity index (χ0n) is 12.5. The minimum atomic E-state index is -0.888. The van der Waals surface area contributed by atoms with Gasteiger partial charge >= 0.3 is 0 Å². The number of carbonyl (C=O) groups is 1. The summed E-state index contributed by atoms with van der Waals surface area (Å²) in [5.74, 6) is -1.35. The molecule has 0 aliphatic carbocycles. The van der Waals surface area contributed by atoms with E-state index in [1.807, 2.05) is 36.5 Å². The highest BCUT2D eigenvalue weighted by molar-refractivity contribution is 9.10. The molecule has 0 aliphatic heterocycles. The summed E-state index contributed by atoms with van der Waals surface area (Å²) in [5.41, 5.74) is 4.90. The molecule has 0 bridgehead atoms. The van der Waals surface area contributed by atoms with E-state index in [9.17, 15) is 10.1 Å². The maximum atomic E-state index is 12.2. The first-order valence-electron chi connectivity index (χ1n) is 7.23.